The van der Waals surface area contributed by atoms with E-state index in [1.807, 2.05) is 61.5 Å². The lowest BCUT2D eigenvalue weighted by molar-refractivity contribution is 0.185. The Morgan fingerprint density at radius 2 is 1.96 bits per heavy atom. The summed E-state index contributed by atoms with van der Waals surface area (Å²) in [5.74, 6) is 0. The Morgan fingerprint density at radius 3 is 2.72 bits per heavy atom. The minimum absolute atomic E-state index is 0.0902. The molecule has 0 aliphatic carbocycles. The predicted molar refractivity (Wildman–Crippen MR) is 99.4 cm³/mol. The second kappa shape index (κ2) is 7.77. The van der Waals surface area contributed by atoms with Gasteiger partial charge in [-0.2, -0.15) is 0 Å². The number of hydrogen-bond acceptors (Lipinski definition) is 3. The Hall–Kier alpha value is -2.92. The van der Waals surface area contributed by atoms with Gasteiger partial charge in [0.1, 0.15) is 0 Å². The molecule has 3 rings (SSSR count). The number of carbonyl (C=O) groups is 1. The first-order chi connectivity index (χ1) is 12.2. The largest absolute Gasteiger partial charge is 0.395 e. The molecule has 5 heteroatoms. The van der Waals surface area contributed by atoms with Gasteiger partial charge in [-0.15, -0.1) is 0 Å². The van der Waals surface area contributed by atoms with Crippen LogP contribution in [-0.4, -0.2) is 34.2 Å². The van der Waals surface area contributed by atoms with E-state index < -0.39 is 0 Å². The first-order valence-corrected chi connectivity index (χ1v) is 8.23. The number of aliphatic hydroxyl groups excluding tert-OH is 1. The van der Waals surface area contributed by atoms with Crippen molar-refractivity contribution in [3.8, 4) is 0 Å². The van der Waals surface area contributed by atoms with Gasteiger partial charge in [0.15, 0.2) is 0 Å². The number of hydrogen-bond donors (Lipinski definition) is 2. The maximum atomic E-state index is 12.7. The molecule has 1 heterocycles. The average molecular weight is 335 g/mol. The van der Waals surface area contributed by atoms with Crippen molar-refractivity contribution in [1.82, 2.24) is 9.88 Å². The molecular weight excluding hydrogens is 314 g/mol. The van der Waals surface area contributed by atoms with Crippen LogP contribution in [0.4, 0.5) is 10.5 Å². The highest BCUT2D eigenvalue weighted by atomic mass is 16.3. The molecule has 128 valence electrons. The molecule has 0 fully saturated rings. The van der Waals surface area contributed by atoms with Crippen LogP contribution in [0.5, 0.6) is 0 Å². The number of benzene rings is 2. The maximum Gasteiger partial charge on any atom is 0.322 e. The standard InChI is InChI=1S/C20H21N3O2/c1-15-12-17-8-5-9-21-19(17)18(13-15)22-20(25)23(10-11-24)14-16-6-3-2-4-7-16/h2-9,12-13,24H,10-11,14H2,1H3,(H,22,25). The maximum absolute atomic E-state index is 12.7. The van der Waals surface area contributed by atoms with E-state index in [9.17, 15) is 9.90 Å². The van der Waals surface area contributed by atoms with Crippen molar-refractivity contribution in [2.45, 2.75) is 13.5 Å². The summed E-state index contributed by atoms with van der Waals surface area (Å²) in [5.41, 5.74) is 3.49. The molecule has 0 saturated carbocycles. The minimum Gasteiger partial charge on any atom is -0.395 e. The van der Waals surface area contributed by atoms with Gasteiger partial charge in [-0.25, -0.2) is 4.79 Å². The number of aromatic nitrogens is 1. The molecule has 0 aliphatic rings. The molecule has 25 heavy (non-hydrogen) atoms. The number of nitrogens with zero attached hydrogens (tertiary/aromatic N) is 2. The van der Waals surface area contributed by atoms with E-state index in [-0.39, 0.29) is 19.2 Å². The van der Waals surface area contributed by atoms with Gasteiger partial charge in [0, 0.05) is 24.7 Å². The zero-order chi connectivity index (χ0) is 17.6. The number of fused-ring (bicyclic) bond motifs is 1. The summed E-state index contributed by atoms with van der Waals surface area (Å²) in [6.45, 7) is 2.59. The number of aryl methyl sites for hydroxylation is 1. The highest BCUT2D eigenvalue weighted by Gasteiger charge is 2.15. The quantitative estimate of drug-likeness (QED) is 0.749. The number of anilines is 1. The van der Waals surface area contributed by atoms with Crippen molar-refractivity contribution >= 4 is 22.6 Å². The number of urea groups is 1. The van der Waals surface area contributed by atoms with Crippen LogP contribution in [0.1, 0.15) is 11.1 Å². The Labute approximate surface area is 146 Å². The van der Waals surface area contributed by atoms with Crippen LogP contribution in [0, 0.1) is 6.92 Å². The average Bonchev–Trinajstić information content (AvgIpc) is 2.62. The minimum atomic E-state index is -0.254. The van der Waals surface area contributed by atoms with Crippen molar-refractivity contribution in [1.29, 1.82) is 0 Å². The van der Waals surface area contributed by atoms with Crippen LogP contribution in [0.2, 0.25) is 0 Å². The summed E-state index contributed by atoms with van der Waals surface area (Å²) in [7, 11) is 0. The lowest BCUT2D eigenvalue weighted by Gasteiger charge is -2.23. The van der Waals surface area contributed by atoms with Crippen molar-refractivity contribution in [3.63, 3.8) is 0 Å². The van der Waals surface area contributed by atoms with Gasteiger partial charge < -0.3 is 15.3 Å². The smallest absolute Gasteiger partial charge is 0.322 e. The summed E-state index contributed by atoms with van der Waals surface area (Å²) < 4.78 is 0. The highest BCUT2D eigenvalue weighted by Crippen LogP contribution is 2.23. The SMILES string of the molecule is Cc1cc(NC(=O)N(CCO)Cc2ccccc2)c2ncccc2c1. The third-order valence-corrected chi connectivity index (χ3v) is 3.96. The van der Waals surface area contributed by atoms with E-state index in [0.29, 0.717) is 12.2 Å². The van der Waals surface area contributed by atoms with Crippen LogP contribution < -0.4 is 5.32 Å². The van der Waals surface area contributed by atoms with Gasteiger partial charge in [0.25, 0.3) is 0 Å². The number of pyridine rings is 1. The molecule has 0 spiro atoms. The number of amides is 2. The first kappa shape index (κ1) is 16.9. The van der Waals surface area contributed by atoms with E-state index in [1.165, 1.54) is 0 Å². The molecular formula is C20H21N3O2. The second-order valence-electron chi connectivity index (χ2n) is 5.95. The Balaban J connectivity index is 1.84. The fourth-order valence-corrected chi connectivity index (χ4v) is 2.81. The summed E-state index contributed by atoms with van der Waals surface area (Å²) in [5, 5.41) is 13.2. The highest BCUT2D eigenvalue weighted by molar-refractivity contribution is 6.00. The van der Waals surface area contributed by atoms with Gasteiger partial charge >= 0.3 is 6.03 Å². The third-order valence-electron chi connectivity index (χ3n) is 3.96. The molecule has 0 saturated heterocycles. The van der Waals surface area contributed by atoms with E-state index in [1.54, 1.807) is 11.1 Å². The van der Waals surface area contributed by atoms with E-state index in [2.05, 4.69) is 10.3 Å². The number of carbonyl (C=O) groups excluding carboxylic acids is 1. The second-order valence-corrected chi connectivity index (χ2v) is 5.95. The molecule has 2 amide bonds. The van der Waals surface area contributed by atoms with Crippen LogP contribution >= 0.6 is 0 Å². The van der Waals surface area contributed by atoms with E-state index in [0.717, 1.165) is 22.0 Å². The molecule has 1 aromatic heterocycles. The zero-order valence-electron chi connectivity index (χ0n) is 14.1. The summed E-state index contributed by atoms with van der Waals surface area (Å²) in [6, 6.07) is 17.3. The van der Waals surface area contributed by atoms with Gasteiger partial charge in [-0.05, 0) is 36.2 Å². The zero-order valence-corrected chi connectivity index (χ0v) is 14.1. The fourth-order valence-electron chi connectivity index (χ4n) is 2.81. The van der Waals surface area contributed by atoms with Crippen LogP contribution in [-0.2, 0) is 6.54 Å². The van der Waals surface area contributed by atoms with Gasteiger partial charge in [0.2, 0.25) is 0 Å². The third kappa shape index (κ3) is 4.14. The molecule has 2 aromatic carbocycles. The molecule has 0 bridgehead atoms. The predicted octanol–water partition coefficient (Wildman–Crippen LogP) is 3.57. The number of aliphatic hydroxyl groups is 1. The lowest BCUT2D eigenvalue weighted by atomic mass is 10.1. The van der Waals surface area contributed by atoms with Crippen molar-refractivity contribution in [2.75, 3.05) is 18.5 Å². The number of nitrogens with one attached hydrogen (secondary N) is 1. The molecule has 0 unspecified atom stereocenters. The van der Waals surface area contributed by atoms with Gasteiger partial charge in [0.05, 0.1) is 17.8 Å². The van der Waals surface area contributed by atoms with Crippen molar-refractivity contribution in [2.24, 2.45) is 0 Å². The van der Waals surface area contributed by atoms with Gasteiger partial charge in [-0.1, -0.05) is 36.4 Å². The molecule has 2 N–H and O–H groups in total. The van der Waals surface area contributed by atoms with Crippen LogP contribution in [0.3, 0.4) is 0 Å². The van der Waals surface area contributed by atoms with Crippen LogP contribution in [0.25, 0.3) is 10.9 Å². The molecule has 5 nitrogen and oxygen atoms in total. The molecule has 3 aromatic rings. The molecule has 0 radical (unpaired) electrons. The Morgan fingerprint density at radius 1 is 1.16 bits per heavy atom. The normalized spacial score (nSPS) is 10.6. The summed E-state index contributed by atoms with van der Waals surface area (Å²) in [4.78, 5) is 18.7. The first-order valence-electron chi connectivity index (χ1n) is 8.23. The van der Waals surface area contributed by atoms with Crippen molar-refractivity contribution < 1.29 is 9.90 Å². The summed E-state index contributed by atoms with van der Waals surface area (Å²) >= 11 is 0. The van der Waals surface area contributed by atoms with Crippen molar-refractivity contribution in [3.05, 3.63) is 71.9 Å². The van der Waals surface area contributed by atoms with E-state index >= 15 is 0 Å². The number of rotatable bonds is 5. The van der Waals surface area contributed by atoms with Crippen LogP contribution in [0.15, 0.2) is 60.8 Å². The Bertz CT molecular complexity index is 865. The molecule has 0 aliphatic heterocycles. The lowest BCUT2D eigenvalue weighted by Crippen LogP contribution is -2.36. The molecule has 0 atom stereocenters. The van der Waals surface area contributed by atoms with Gasteiger partial charge in [-0.3, -0.25) is 4.98 Å². The monoisotopic (exact) mass is 335 g/mol. The Kier molecular flexibility index (Phi) is 5.26. The van der Waals surface area contributed by atoms with E-state index in [4.69, 9.17) is 0 Å². The topological polar surface area (TPSA) is 65.5 Å². The summed E-state index contributed by atoms with van der Waals surface area (Å²) in [6.07, 6.45) is 1.71. The fraction of sp³-hybridized carbons (Fsp3) is 0.200.